The Labute approximate surface area is 91.9 Å². The molecule has 0 aliphatic carbocycles. The third-order valence-corrected chi connectivity index (χ3v) is 2.04. The highest BCUT2D eigenvalue weighted by Crippen LogP contribution is 2.22. The van der Waals surface area contributed by atoms with Gasteiger partial charge in [-0.05, 0) is 0 Å². The van der Waals surface area contributed by atoms with Crippen LogP contribution in [0.1, 0.15) is 28.5 Å². The lowest BCUT2D eigenvalue weighted by molar-refractivity contribution is -0.119. The van der Waals surface area contributed by atoms with Crippen molar-refractivity contribution < 1.29 is 19.8 Å². The van der Waals surface area contributed by atoms with Crippen LogP contribution in [0.5, 0.6) is 5.75 Å². The molecule has 6 nitrogen and oxygen atoms in total. The number of carbonyl (C=O) groups is 2. The molecule has 0 aliphatic heterocycles. The molecule has 6 heteroatoms. The van der Waals surface area contributed by atoms with Gasteiger partial charge < -0.3 is 15.5 Å². The standard InChI is InChI=1S/C10H12N2O4/c1-6(15)11-3-9-10(16)8(5-14)7(4-13)2-12-9/h2,5,13,16H,3-4H2,1H3,(H,11,15). The molecule has 0 aliphatic rings. The molecule has 1 rings (SSSR count). The second-order valence-electron chi connectivity index (χ2n) is 3.18. The zero-order chi connectivity index (χ0) is 12.1. The van der Waals surface area contributed by atoms with Crippen LogP contribution < -0.4 is 5.32 Å². The quantitative estimate of drug-likeness (QED) is 0.611. The molecule has 0 saturated heterocycles. The second kappa shape index (κ2) is 5.22. The number of aldehydes is 1. The topological polar surface area (TPSA) is 99.5 Å². The molecular formula is C10H12N2O4. The summed E-state index contributed by atoms with van der Waals surface area (Å²) in [4.78, 5) is 25.2. The molecule has 0 radical (unpaired) electrons. The summed E-state index contributed by atoms with van der Waals surface area (Å²) in [6.45, 7) is 0.989. The van der Waals surface area contributed by atoms with E-state index in [4.69, 9.17) is 5.11 Å². The Kier molecular flexibility index (Phi) is 3.96. The molecule has 86 valence electrons. The lowest BCUT2D eigenvalue weighted by atomic mass is 10.1. The molecule has 0 saturated carbocycles. The van der Waals surface area contributed by atoms with Crippen LogP contribution in [0.2, 0.25) is 0 Å². The van der Waals surface area contributed by atoms with E-state index < -0.39 is 0 Å². The third-order valence-electron chi connectivity index (χ3n) is 2.04. The van der Waals surface area contributed by atoms with Gasteiger partial charge in [0.15, 0.2) is 6.29 Å². The first-order valence-electron chi connectivity index (χ1n) is 4.60. The Morgan fingerprint density at radius 2 is 2.31 bits per heavy atom. The number of pyridine rings is 1. The smallest absolute Gasteiger partial charge is 0.217 e. The molecule has 1 amide bonds. The number of aliphatic hydroxyl groups is 1. The number of hydrogen-bond donors (Lipinski definition) is 3. The van der Waals surface area contributed by atoms with Gasteiger partial charge in [-0.3, -0.25) is 14.6 Å². The van der Waals surface area contributed by atoms with Crippen LogP contribution in [0, 0.1) is 0 Å². The van der Waals surface area contributed by atoms with Gasteiger partial charge in [0.05, 0.1) is 18.7 Å². The van der Waals surface area contributed by atoms with Crippen LogP contribution >= 0.6 is 0 Å². The van der Waals surface area contributed by atoms with Crippen molar-refractivity contribution in [2.45, 2.75) is 20.1 Å². The van der Waals surface area contributed by atoms with E-state index in [1.807, 2.05) is 0 Å². The SMILES string of the molecule is CC(=O)NCc1ncc(CO)c(C=O)c1O. The average molecular weight is 224 g/mol. The van der Waals surface area contributed by atoms with Crippen LogP contribution in [-0.4, -0.2) is 27.4 Å². The molecule has 1 heterocycles. The van der Waals surface area contributed by atoms with Crippen molar-refractivity contribution in [3.05, 3.63) is 23.0 Å². The maximum Gasteiger partial charge on any atom is 0.217 e. The van der Waals surface area contributed by atoms with E-state index >= 15 is 0 Å². The number of rotatable bonds is 4. The number of aliphatic hydroxyl groups excluding tert-OH is 1. The largest absolute Gasteiger partial charge is 0.505 e. The van der Waals surface area contributed by atoms with Crippen molar-refractivity contribution in [3.8, 4) is 5.75 Å². The molecule has 0 bridgehead atoms. The Balaban J connectivity index is 3.04. The zero-order valence-corrected chi connectivity index (χ0v) is 8.73. The van der Waals surface area contributed by atoms with Crippen molar-refractivity contribution in [2.75, 3.05) is 0 Å². The minimum atomic E-state index is -0.380. The maximum atomic E-state index is 10.7. The van der Waals surface area contributed by atoms with Gasteiger partial charge in [0.2, 0.25) is 5.91 Å². The first kappa shape index (κ1) is 12.1. The highest BCUT2D eigenvalue weighted by atomic mass is 16.3. The average Bonchev–Trinajstić information content (AvgIpc) is 2.26. The van der Waals surface area contributed by atoms with Crippen molar-refractivity contribution in [1.29, 1.82) is 0 Å². The summed E-state index contributed by atoms with van der Waals surface area (Å²) < 4.78 is 0. The number of nitrogens with zero attached hydrogens (tertiary/aromatic N) is 1. The first-order valence-corrected chi connectivity index (χ1v) is 4.60. The maximum absolute atomic E-state index is 10.7. The lowest BCUT2D eigenvalue weighted by Crippen LogP contribution is -2.20. The van der Waals surface area contributed by atoms with Crippen LogP contribution in [0.3, 0.4) is 0 Å². The number of nitrogens with one attached hydrogen (secondary N) is 1. The fourth-order valence-electron chi connectivity index (χ4n) is 1.19. The van der Waals surface area contributed by atoms with Crippen LogP contribution in [0.4, 0.5) is 0 Å². The molecule has 3 N–H and O–H groups in total. The summed E-state index contributed by atoms with van der Waals surface area (Å²) in [5.41, 5.74) is 0.437. The molecule has 0 atom stereocenters. The first-order chi connectivity index (χ1) is 7.60. The molecule has 0 fully saturated rings. The third kappa shape index (κ3) is 2.54. The van der Waals surface area contributed by atoms with Gasteiger partial charge in [-0.25, -0.2) is 0 Å². The van der Waals surface area contributed by atoms with Crippen molar-refractivity contribution in [1.82, 2.24) is 10.3 Å². The van der Waals surface area contributed by atoms with E-state index in [2.05, 4.69) is 10.3 Å². The van der Waals surface area contributed by atoms with Gasteiger partial charge in [0.25, 0.3) is 0 Å². The summed E-state index contributed by atoms with van der Waals surface area (Å²) in [5.74, 6) is -0.574. The van der Waals surface area contributed by atoms with E-state index in [1.165, 1.54) is 13.1 Å². The Morgan fingerprint density at radius 1 is 1.62 bits per heavy atom. The molecule has 0 aromatic carbocycles. The lowest BCUT2D eigenvalue weighted by Gasteiger charge is -2.08. The van der Waals surface area contributed by atoms with E-state index in [-0.39, 0.29) is 41.6 Å². The summed E-state index contributed by atoms with van der Waals surface area (Å²) >= 11 is 0. The van der Waals surface area contributed by atoms with E-state index in [1.54, 1.807) is 0 Å². The number of aromatic nitrogens is 1. The number of aromatic hydroxyl groups is 1. The predicted molar refractivity (Wildman–Crippen MR) is 54.7 cm³/mol. The molecule has 0 unspecified atom stereocenters. The highest BCUT2D eigenvalue weighted by Gasteiger charge is 2.12. The number of hydrogen-bond acceptors (Lipinski definition) is 5. The molecule has 1 aromatic heterocycles. The van der Waals surface area contributed by atoms with Gasteiger partial charge in [-0.2, -0.15) is 0 Å². The summed E-state index contributed by atoms with van der Waals surface area (Å²) in [7, 11) is 0. The minimum absolute atomic E-state index is 0.00199. The van der Waals surface area contributed by atoms with E-state index in [0.717, 1.165) is 0 Å². The fourth-order valence-corrected chi connectivity index (χ4v) is 1.19. The van der Waals surface area contributed by atoms with Crippen LogP contribution in [0.15, 0.2) is 6.20 Å². The molecule has 0 spiro atoms. The van der Waals surface area contributed by atoms with Gasteiger partial charge in [0, 0.05) is 18.7 Å². The van der Waals surface area contributed by atoms with Gasteiger partial charge in [-0.15, -0.1) is 0 Å². The van der Waals surface area contributed by atoms with Gasteiger partial charge >= 0.3 is 0 Å². The van der Waals surface area contributed by atoms with Gasteiger partial charge in [-0.1, -0.05) is 0 Å². The Bertz CT molecular complexity index is 418. The van der Waals surface area contributed by atoms with E-state index in [9.17, 15) is 14.7 Å². The minimum Gasteiger partial charge on any atom is -0.505 e. The second-order valence-corrected chi connectivity index (χ2v) is 3.18. The Morgan fingerprint density at radius 3 is 2.81 bits per heavy atom. The van der Waals surface area contributed by atoms with Crippen molar-refractivity contribution >= 4 is 12.2 Å². The molecule has 16 heavy (non-hydrogen) atoms. The van der Waals surface area contributed by atoms with Crippen LogP contribution in [0.25, 0.3) is 0 Å². The monoisotopic (exact) mass is 224 g/mol. The molecular weight excluding hydrogens is 212 g/mol. The van der Waals surface area contributed by atoms with Crippen molar-refractivity contribution in [3.63, 3.8) is 0 Å². The summed E-state index contributed by atoms with van der Waals surface area (Å²) in [6.07, 6.45) is 1.74. The zero-order valence-electron chi connectivity index (χ0n) is 8.73. The van der Waals surface area contributed by atoms with Crippen molar-refractivity contribution in [2.24, 2.45) is 0 Å². The van der Waals surface area contributed by atoms with Crippen LogP contribution in [-0.2, 0) is 17.9 Å². The fraction of sp³-hybridized carbons (Fsp3) is 0.300. The Hall–Kier alpha value is -1.95. The number of amides is 1. The summed E-state index contributed by atoms with van der Waals surface area (Å²) in [5, 5.41) is 21.0. The van der Waals surface area contributed by atoms with E-state index in [0.29, 0.717) is 6.29 Å². The molecule has 1 aromatic rings. The van der Waals surface area contributed by atoms with Gasteiger partial charge in [0.1, 0.15) is 11.4 Å². The predicted octanol–water partition coefficient (Wildman–Crippen LogP) is -0.272. The summed E-state index contributed by atoms with van der Waals surface area (Å²) in [6, 6.07) is 0. The highest BCUT2D eigenvalue weighted by molar-refractivity contribution is 5.82. The number of carbonyl (C=O) groups excluding carboxylic acids is 2. The normalized spacial score (nSPS) is 9.88.